The minimum absolute atomic E-state index is 0.0875. The van der Waals surface area contributed by atoms with Gasteiger partial charge in [-0.05, 0) is 18.1 Å². The number of carbonyl (C=O) groups is 1. The predicted molar refractivity (Wildman–Crippen MR) is 87.1 cm³/mol. The highest BCUT2D eigenvalue weighted by molar-refractivity contribution is 5.80. The molecule has 0 radical (unpaired) electrons. The second kappa shape index (κ2) is 6.13. The van der Waals surface area contributed by atoms with Gasteiger partial charge in [-0.25, -0.2) is 9.18 Å². The van der Waals surface area contributed by atoms with Crippen LogP contribution in [0.1, 0.15) is 22.6 Å². The fraction of sp³-hybridized carbons (Fsp3) is 0.316. The largest absolute Gasteiger partial charge is 0.479 e. The number of carboxylic acids is 1. The number of likely N-dealkylation sites (tertiary alicyclic amines) is 1. The highest BCUT2D eigenvalue weighted by Gasteiger charge is 2.53. The third kappa shape index (κ3) is 3.13. The van der Waals surface area contributed by atoms with E-state index in [1.165, 1.54) is 0 Å². The van der Waals surface area contributed by atoms with Crippen LogP contribution in [0, 0.1) is 6.92 Å². The van der Waals surface area contributed by atoms with Crippen molar-refractivity contribution in [1.82, 2.24) is 4.90 Å². The van der Waals surface area contributed by atoms with E-state index in [1.54, 1.807) is 0 Å². The molecule has 0 aliphatic carbocycles. The molecule has 23 heavy (non-hydrogen) atoms. The fourth-order valence-corrected chi connectivity index (χ4v) is 3.25. The highest BCUT2D eigenvalue weighted by Crippen LogP contribution is 2.40. The Labute approximate surface area is 135 Å². The van der Waals surface area contributed by atoms with Crippen LogP contribution in [0.25, 0.3) is 0 Å². The Morgan fingerprint density at radius 1 is 1.22 bits per heavy atom. The van der Waals surface area contributed by atoms with E-state index in [4.69, 9.17) is 0 Å². The van der Waals surface area contributed by atoms with Crippen molar-refractivity contribution >= 4 is 5.97 Å². The lowest BCUT2D eigenvalue weighted by Gasteiger charge is -2.22. The number of aryl methyl sites for hydroxylation is 1. The molecule has 0 aromatic heterocycles. The van der Waals surface area contributed by atoms with Gasteiger partial charge in [0.15, 0.2) is 0 Å². The molecule has 1 heterocycles. The van der Waals surface area contributed by atoms with Crippen LogP contribution in [0.15, 0.2) is 54.6 Å². The summed E-state index contributed by atoms with van der Waals surface area (Å²) in [5, 5.41) is 9.44. The number of rotatable bonds is 4. The number of nitrogens with zero attached hydrogens (tertiary/aromatic N) is 1. The van der Waals surface area contributed by atoms with E-state index < -0.39 is 17.6 Å². The maximum atomic E-state index is 15.2. The van der Waals surface area contributed by atoms with Crippen LogP contribution in [0.3, 0.4) is 0 Å². The molecule has 120 valence electrons. The van der Waals surface area contributed by atoms with Gasteiger partial charge in [-0.15, -0.1) is 0 Å². The summed E-state index contributed by atoms with van der Waals surface area (Å²) in [4.78, 5) is 13.5. The molecule has 1 fully saturated rings. The molecule has 1 N–H and O–H groups in total. The topological polar surface area (TPSA) is 40.5 Å². The van der Waals surface area contributed by atoms with E-state index >= 15 is 4.39 Å². The van der Waals surface area contributed by atoms with Crippen molar-refractivity contribution in [3.8, 4) is 0 Å². The molecule has 2 aromatic carbocycles. The molecule has 1 aliphatic heterocycles. The van der Waals surface area contributed by atoms with Gasteiger partial charge in [-0.2, -0.15) is 0 Å². The van der Waals surface area contributed by atoms with Crippen molar-refractivity contribution in [2.75, 3.05) is 13.1 Å². The number of hydrogen-bond acceptors (Lipinski definition) is 2. The summed E-state index contributed by atoms with van der Waals surface area (Å²) in [6.07, 6.45) is 0. The second-order valence-electron chi connectivity index (χ2n) is 6.29. The average molecular weight is 313 g/mol. The summed E-state index contributed by atoms with van der Waals surface area (Å²) in [6, 6.07) is 17.2. The van der Waals surface area contributed by atoms with Crippen LogP contribution in [-0.2, 0) is 11.3 Å². The van der Waals surface area contributed by atoms with Crippen molar-refractivity contribution in [2.45, 2.75) is 25.1 Å². The van der Waals surface area contributed by atoms with E-state index in [-0.39, 0.29) is 6.54 Å². The molecule has 1 saturated heterocycles. The van der Waals surface area contributed by atoms with E-state index in [0.29, 0.717) is 13.1 Å². The zero-order valence-corrected chi connectivity index (χ0v) is 13.1. The van der Waals surface area contributed by atoms with Crippen molar-refractivity contribution in [3.63, 3.8) is 0 Å². The monoisotopic (exact) mass is 313 g/mol. The molecule has 0 saturated carbocycles. The molecule has 3 nitrogen and oxygen atoms in total. The Morgan fingerprint density at radius 3 is 2.48 bits per heavy atom. The number of hydrogen-bond donors (Lipinski definition) is 1. The van der Waals surface area contributed by atoms with Gasteiger partial charge in [0.05, 0.1) is 0 Å². The molecule has 3 rings (SSSR count). The lowest BCUT2D eigenvalue weighted by Crippen LogP contribution is -2.40. The van der Waals surface area contributed by atoms with Gasteiger partial charge >= 0.3 is 5.97 Å². The Kier molecular flexibility index (Phi) is 4.18. The Bertz CT molecular complexity index is 686. The summed E-state index contributed by atoms with van der Waals surface area (Å²) in [5.74, 6) is -2.03. The van der Waals surface area contributed by atoms with E-state index in [2.05, 4.69) is 0 Å². The maximum Gasteiger partial charge on any atom is 0.343 e. The van der Waals surface area contributed by atoms with Crippen LogP contribution < -0.4 is 0 Å². The third-order valence-corrected chi connectivity index (χ3v) is 4.53. The Hall–Kier alpha value is -2.20. The van der Waals surface area contributed by atoms with E-state index in [1.807, 2.05) is 66.4 Å². The molecule has 1 aliphatic rings. The minimum Gasteiger partial charge on any atom is -0.479 e. The van der Waals surface area contributed by atoms with Gasteiger partial charge in [0.2, 0.25) is 5.67 Å². The first kappa shape index (κ1) is 15.7. The van der Waals surface area contributed by atoms with Gasteiger partial charge in [0, 0.05) is 25.6 Å². The quantitative estimate of drug-likeness (QED) is 0.940. The molecule has 0 spiro atoms. The molecule has 4 heteroatoms. The van der Waals surface area contributed by atoms with Gasteiger partial charge in [0.1, 0.15) is 0 Å². The summed E-state index contributed by atoms with van der Waals surface area (Å²) in [5.41, 5.74) is 0.637. The standard InChI is InChI=1S/C19H20FNO2/c1-14-7-9-16(10-8-14)17-12-21(13-19(17,20)18(22)23)11-15-5-3-2-4-6-15/h2-10,17H,11-13H2,1H3,(H,22,23)/t17-,19-/m0/s1. The number of alkyl halides is 1. The van der Waals surface area contributed by atoms with Gasteiger partial charge < -0.3 is 5.11 Å². The van der Waals surface area contributed by atoms with Crippen molar-refractivity contribution in [1.29, 1.82) is 0 Å². The Morgan fingerprint density at radius 2 is 1.87 bits per heavy atom. The maximum absolute atomic E-state index is 15.2. The molecule has 2 aromatic rings. The van der Waals surface area contributed by atoms with Crippen LogP contribution in [0.4, 0.5) is 4.39 Å². The summed E-state index contributed by atoms with van der Waals surface area (Å²) in [7, 11) is 0. The highest BCUT2D eigenvalue weighted by atomic mass is 19.1. The second-order valence-corrected chi connectivity index (χ2v) is 6.29. The lowest BCUT2D eigenvalue weighted by atomic mass is 9.86. The minimum atomic E-state index is -2.25. The van der Waals surface area contributed by atoms with Crippen molar-refractivity contribution < 1.29 is 14.3 Å². The van der Waals surface area contributed by atoms with Gasteiger partial charge in [-0.3, -0.25) is 4.90 Å². The zero-order valence-electron chi connectivity index (χ0n) is 13.1. The smallest absolute Gasteiger partial charge is 0.343 e. The number of benzene rings is 2. The molecule has 0 unspecified atom stereocenters. The summed E-state index contributed by atoms with van der Waals surface area (Å²) >= 11 is 0. The van der Waals surface area contributed by atoms with Gasteiger partial charge in [-0.1, -0.05) is 60.2 Å². The van der Waals surface area contributed by atoms with Crippen LogP contribution >= 0.6 is 0 Å². The number of halogens is 1. The summed E-state index contributed by atoms with van der Waals surface area (Å²) in [6.45, 7) is 2.83. The molecule has 2 atom stereocenters. The molecule has 0 bridgehead atoms. The third-order valence-electron chi connectivity index (χ3n) is 4.53. The average Bonchev–Trinajstić information content (AvgIpc) is 2.87. The number of carboxylic acid groups (broad SMARTS) is 1. The summed E-state index contributed by atoms with van der Waals surface area (Å²) < 4.78 is 15.2. The van der Waals surface area contributed by atoms with E-state index in [0.717, 1.165) is 16.7 Å². The normalized spacial score (nSPS) is 24.7. The molecule has 0 amide bonds. The first-order valence-corrected chi connectivity index (χ1v) is 7.74. The van der Waals surface area contributed by atoms with E-state index in [9.17, 15) is 9.90 Å². The number of aliphatic carboxylic acids is 1. The Balaban J connectivity index is 1.85. The molecular weight excluding hydrogens is 293 g/mol. The first-order valence-electron chi connectivity index (χ1n) is 7.74. The fourth-order valence-electron chi connectivity index (χ4n) is 3.25. The van der Waals surface area contributed by atoms with Crippen molar-refractivity contribution in [2.24, 2.45) is 0 Å². The van der Waals surface area contributed by atoms with Crippen LogP contribution in [0.2, 0.25) is 0 Å². The zero-order chi connectivity index (χ0) is 16.4. The van der Waals surface area contributed by atoms with Crippen LogP contribution in [0.5, 0.6) is 0 Å². The SMILES string of the molecule is Cc1ccc([C@@H]2CN(Cc3ccccc3)C[C@@]2(F)C(=O)O)cc1. The lowest BCUT2D eigenvalue weighted by molar-refractivity contribution is -0.150. The van der Waals surface area contributed by atoms with Gasteiger partial charge in [0.25, 0.3) is 0 Å². The molecular formula is C19H20FNO2. The predicted octanol–water partition coefficient (Wildman–Crippen LogP) is 3.39. The first-order chi connectivity index (χ1) is 11.0. The van der Waals surface area contributed by atoms with Crippen molar-refractivity contribution in [3.05, 3.63) is 71.3 Å². The van der Waals surface area contributed by atoms with Crippen LogP contribution in [-0.4, -0.2) is 34.7 Å².